The third kappa shape index (κ3) is 3.53. The van der Waals surface area contributed by atoms with Crippen LogP contribution in [0.1, 0.15) is 0 Å². The van der Waals surface area contributed by atoms with Gasteiger partial charge in [0, 0.05) is 46.5 Å². The number of non-ortho nitro benzene ring substituents is 1. The lowest BCUT2D eigenvalue weighted by Crippen LogP contribution is -2.25. The van der Waals surface area contributed by atoms with Gasteiger partial charge in [-0.1, -0.05) is 30.3 Å². The van der Waals surface area contributed by atoms with E-state index in [0.29, 0.717) is 5.69 Å². The van der Waals surface area contributed by atoms with Gasteiger partial charge in [-0.15, -0.1) is 0 Å². The number of anilines is 1. The Kier molecular flexibility index (Phi) is 5.03. The predicted octanol–water partition coefficient (Wildman–Crippen LogP) is 4.08. The van der Waals surface area contributed by atoms with Gasteiger partial charge in [0.2, 0.25) is 0 Å². The van der Waals surface area contributed by atoms with E-state index in [2.05, 4.69) is 5.32 Å². The molecule has 0 saturated carbocycles. The van der Waals surface area contributed by atoms with E-state index in [1.54, 1.807) is 24.3 Å². The number of rotatable bonds is 7. The first-order valence-corrected chi connectivity index (χ1v) is 9.26. The van der Waals surface area contributed by atoms with Crippen LogP contribution in [-0.2, 0) is 6.54 Å². The van der Waals surface area contributed by atoms with Crippen molar-refractivity contribution in [2.24, 2.45) is 0 Å². The number of nitro groups is 2. The topological polar surface area (TPSA) is 123 Å². The van der Waals surface area contributed by atoms with Crippen molar-refractivity contribution in [2.45, 2.75) is 12.6 Å². The van der Waals surface area contributed by atoms with Gasteiger partial charge >= 0.3 is 0 Å². The van der Waals surface area contributed by atoms with Crippen LogP contribution in [0.3, 0.4) is 0 Å². The molecule has 30 heavy (non-hydrogen) atoms. The molecule has 152 valence electrons. The summed E-state index contributed by atoms with van der Waals surface area (Å²) < 4.78 is 1.90. The summed E-state index contributed by atoms with van der Waals surface area (Å²) in [7, 11) is 0. The van der Waals surface area contributed by atoms with E-state index in [9.17, 15) is 25.3 Å². The number of para-hydroxylation sites is 3. The minimum absolute atomic E-state index is 0.00371. The number of hydrogen-bond donors (Lipinski definition) is 2. The Labute approximate surface area is 170 Å². The summed E-state index contributed by atoms with van der Waals surface area (Å²) >= 11 is 0. The van der Waals surface area contributed by atoms with Crippen LogP contribution < -0.4 is 5.32 Å². The van der Waals surface area contributed by atoms with Gasteiger partial charge in [0.1, 0.15) is 5.69 Å². The first kappa shape index (κ1) is 19.3. The normalized spacial score (nSPS) is 12.2. The minimum atomic E-state index is -0.848. The van der Waals surface area contributed by atoms with Gasteiger partial charge in [0.05, 0.1) is 22.5 Å². The largest absolute Gasteiger partial charge is 0.389 e. The molecule has 1 unspecified atom stereocenters. The average Bonchev–Trinajstić information content (AvgIpc) is 3.05. The highest BCUT2D eigenvalue weighted by Gasteiger charge is 2.18. The fraction of sp³-hybridized carbons (Fsp3) is 0.143. The fourth-order valence-corrected chi connectivity index (χ4v) is 3.64. The van der Waals surface area contributed by atoms with Crippen molar-refractivity contribution in [1.29, 1.82) is 0 Å². The van der Waals surface area contributed by atoms with Gasteiger partial charge in [0.25, 0.3) is 11.4 Å². The lowest BCUT2D eigenvalue weighted by molar-refractivity contribution is -0.384. The van der Waals surface area contributed by atoms with Crippen LogP contribution in [0.25, 0.3) is 21.8 Å². The summed E-state index contributed by atoms with van der Waals surface area (Å²) in [6, 6.07) is 18.4. The highest BCUT2D eigenvalue weighted by molar-refractivity contribution is 6.08. The number of fused-ring (bicyclic) bond motifs is 3. The molecule has 0 aliphatic rings. The van der Waals surface area contributed by atoms with Crippen LogP contribution in [0.4, 0.5) is 17.1 Å². The number of aromatic nitrogens is 1. The molecule has 0 fully saturated rings. The quantitative estimate of drug-likeness (QED) is 0.352. The maximum absolute atomic E-state index is 11.2. The molecule has 4 rings (SSSR count). The maximum Gasteiger partial charge on any atom is 0.292 e. The Morgan fingerprint density at radius 3 is 2.37 bits per heavy atom. The van der Waals surface area contributed by atoms with E-state index >= 15 is 0 Å². The molecule has 1 aromatic heterocycles. The molecule has 0 radical (unpaired) electrons. The molecule has 9 nitrogen and oxygen atoms in total. The first-order valence-electron chi connectivity index (χ1n) is 9.26. The van der Waals surface area contributed by atoms with Crippen molar-refractivity contribution in [1.82, 2.24) is 4.57 Å². The zero-order chi connectivity index (χ0) is 21.3. The summed E-state index contributed by atoms with van der Waals surface area (Å²) in [6.45, 7) is 0.321. The average molecular weight is 406 g/mol. The molecule has 0 saturated heterocycles. The molecule has 1 atom stereocenters. The Bertz CT molecular complexity index is 1270. The smallest absolute Gasteiger partial charge is 0.292 e. The number of aliphatic hydroxyl groups is 1. The molecule has 0 aliphatic heterocycles. The zero-order valence-electron chi connectivity index (χ0n) is 15.8. The molecule has 2 N–H and O–H groups in total. The predicted molar refractivity (Wildman–Crippen MR) is 114 cm³/mol. The summed E-state index contributed by atoms with van der Waals surface area (Å²) in [5, 5.41) is 37.4. The Hall–Kier alpha value is -3.98. The van der Waals surface area contributed by atoms with E-state index in [4.69, 9.17) is 0 Å². The van der Waals surface area contributed by atoms with E-state index in [1.807, 2.05) is 28.8 Å². The maximum atomic E-state index is 11.2. The van der Waals surface area contributed by atoms with Gasteiger partial charge in [-0.05, 0) is 18.2 Å². The molecule has 0 aliphatic carbocycles. The molecule has 3 aromatic carbocycles. The third-order valence-corrected chi connectivity index (χ3v) is 4.99. The van der Waals surface area contributed by atoms with Crippen LogP contribution in [0.2, 0.25) is 0 Å². The van der Waals surface area contributed by atoms with Gasteiger partial charge in [-0.25, -0.2) is 0 Å². The van der Waals surface area contributed by atoms with Crippen LogP contribution in [-0.4, -0.2) is 32.2 Å². The highest BCUT2D eigenvalue weighted by atomic mass is 16.6. The second-order valence-electron chi connectivity index (χ2n) is 6.90. The number of nitrogens with zero attached hydrogens (tertiary/aromatic N) is 3. The summed E-state index contributed by atoms with van der Waals surface area (Å²) in [5.41, 5.74) is 1.89. The summed E-state index contributed by atoms with van der Waals surface area (Å²) in [4.78, 5) is 21.4. The van der Waals surface area contributed by atoms with Crippen molar-refractivity contribution in [3.05, 3.63) is 87.0 Å². The summed E-state index contributed by atoms with van der Waals surface area (Å²) in [6.07, 6.45) is -0.848. The monoisotopic (exact) mass is 406 g/mol. The Morgan fingerprint density at radius 2 is 1.60 bits per heavy atom. The minimum Gasteiger partial charge on any atom is -0.389 e. The van der Waals surface area contributed by atoms with Gasteiger partial charge in [-0.3, -0.25) is 20.2 Å². The number of benzene rings is 3. The van der Waals surface area contributed by atoms with Crippen molar-refractivity contribution in [3.8, 4) is 0 Å². The second kappa shape index (κ2) is 7.80. The first-order chi connectivity index (χ1) is 14.5. The molecule has 9 heteroatoms. The SMILES string of the molecule is O=[N+]([O-])c1ccc2c(c1)c1ccccc1n2CC(O)CNc1ccccc1[N+](=O)[O-]. The van der Waals surface area contributed by atoms with Crippen molar-refractivity contribution in [2.75, 3.05) is 11.9 Å². The van der Waals surface area contributed by atoms with Crippen molar-refractivity contribution >= 4 is 38.9 Å². The lowest BCUT2D eigenvalue weighted by atomic mass is 10.1. The zero-order valence-corrected chi connectivity index (χ0v) is 15.8. The van der Waals surface area contributed by atoms with E-state index in [0.717, 1.165) is 21.8 Å². The lowest BCUT2D eigenvalue weighted by Gasteiger charge is -2.15. The number of aliphatic hydroxyl groups excluding tert-OH is 1. The van der Waals surface area contributed by atoms with Crippen molar-refractivity contribution < 1.29 is 15.0 Å². The number of nitro benzene ring substituents is 2. The standard InChI is InChI=1S/C21H18N4O5/c26-15(12-22-18-6-2-4-8-21(18)25(29)30)13-23-19-7-3-1-5-16(19)17-11-14(24(27)28)9-10-20(17)23/h1-11,15,22,26H,12-13H2. The van der Waals surface area contributed by atoms with Crippen LogP contribution >= 0.6 is 0 Å². The van der Waals surface area contributed by atoms with Crippen LogP contribution in [0, 0.1) is 20.2 Å². The fourth-order valence-electron chi connectivity index (χ4n) is 3.64. The van der Waals surface area contributed by atoms with Crippen LogP contribution in [0.5, 0.6) is 0 Å². The Morgan fingerprint density at radius 1 is 0.900 bits per heavy atom. The van der Waals surface area contributed by atoms with Crippen molar-refractivity contribution in [3.63, 3.8) is 0 Å². The molecule has 0 bridgehead atoms. The van der Waals surface area contributed by atoms with Gasteiger partial charge in [-0.2, -0.15) is 0 Å². The Balaban J connectivity index is 1.63. The summed E-state index contributed by atoms with van der Waals surface area (Å²) in [5.74, 6) is 0. The van der Waals surface area contributed by atoms with Gasteiger partial charge in [0.15, 0.2) is 0 Å². The molecular weight excluding hydrogens is 388 g/mol. The van der Waals surface area contributed by atoms with E-state index in [-0.39, 0.29) is 24.5 Å². The van der Waals surface area contributed by atoms with Gasteiger partial charge < -0.3 is 15.0 Å². The highest BCUT2D eigenvalue weighted by Crippen LogP contribution is 2.32. The third-order valence-electron chi connectivity index (χ3n) is 4.99. The molecule has 4 aromatic rings. The molecular formula is C21H18N4O5. The molecule has 0 amide bonds. The van der Waals surface area contributed by atoms with E-state index in [1.165, 1.54) is 18.2 Å². The van der Waals surface area contributed by atoms with E-state index < -0.39 is 16.0 Å². The number of nitrogens with one attached hydrogen (secondary N) is 1. The number of hydrogen-bond acceptors (Lipinski definition) is 6. The molecule has 1 heterocycles. The van der Waals surface area contributed by atoms with Crippen LogP contribution in [0.15, 0.2) is 66.7 Å². The second-order valence-corrected chi connectivity index (χ2v) is 6.90. The molecule has 0 spiro atoms.